The molecule has 1 aliphatic rings. The van der Waals surface area contributed by atoms with Crippen LogP contribution in [0, 0.1) is 12.7 Å². The van der Waals surface area contributed by atoms with Crippen LogP contribution < -0.4 is 0 Å². The molecule has 3 heterocycles. The lowest BCUT2D eigenvalue weighted by atomic mass is 10.1. The molecule has 1 amide bonds. The molecule has 1 saturated heterocycles. The van der Waals surface area contributed by atoms with Crippen LogP contribution in [0.5, 0.6) is 0 Å². The van der Waals surface area contributed by atoms with E-state index in [1.165, 1.54) is 6.07 Å². The summed E-state index contributed by atoms with van der Waals surface area (Å²) in [6, 6.07) is 7.90. The van der Waals surface area contributed by atoms with E-state index >= 15 is 0 Å². The minimum Gasteiger partial charge on any atom is -0.328 e. The first-order valence-corrected chi connectivity index (χ1v) is 7.80. The van der Waals surface area contributed by atoms with Crippen molar-refractivity contribution in [3.63, 3.8) is 0 Å². The molecule has 1 aliphatic heterocycles. The van der Waals surface area contributed by atoms with Crippen molar-refractivity contribution in [1.82, 2.24) is 20.2 Å². The van der Waals surface area contributed by atoms with E-state index in [9.17, 15) is 9.18 Å². The highest BCUT2D eigenvalue weighted by atomic mass is 19.1. The number of nitrogens with zero attached hydrogens (tertiary/aromatic N) is 4. The van der Waals surface area contributed by atoms with Crippen molar-refractivity contribution in [2.24, 2.45) is 0 Å². The third kappa shape index (κ3) is 2.33. The summed E-state index contributed by atoms with van der Waals surface area (Å²) < 4.78 is 18.7. The van der Waals surface area contributed by atoms with Gasteiger partial charge in [0.05, 0.1) is 6.04 Å². The van der Waals surface area contributed by atoms with Crippen LogP contribution in [0.3, 0.4) is 0 Å². The van der Waals surface area contributed by atoms with E-state index < -0.39 is 5.82 Å². The summed E-state index contributed by atoms with van der Waals surface area (Å²) in [4.78, 5) is 18.8. The van der Waals surface area contributed by atoms with Gasteiger partial charge in [0, 0.05) is 11.9 Å². The molecule has 24 heavy (non-hydrogen) atoms. The number of pyridine rings is 1. The molecule has 0 bridgehead atoms. The maximum atomic E-state index is 13.9. The highest BCUT2D eigenvalue weighted by Crippen LogP contribution is 2.33. The number of para-hydroxylation sites is 1. The second-order valence-corrected chi connectivity index (χ2v) is 5.90. The fourth-order valence-corrected chi connectivity index (χ4v) is 3.21. The van der Waals surface area contributed by atoms with Crippen LogP contribution in [0.1, 0.15) is 40.8 Å². The molecule has 4 rings (SSSR count). The normalized spacial score (nSPS) is 17.6. The average Bonchev–Trinajstić information content (AvgIpc) is 3.22. The van der Waals surface area contributed by atoms with E-state index in [0.29, 0.717) is 23.3 Å². The molecule has 1 fully saturated rings. The number of fused-ring (bicyclic) bond motifs is 1. The maximum absolute atomic E-state index is 13.9. The van der Waals surface area contributed by atoms with E-state index in [4.69, 9.17) is 4.63 Å². The summed E-state index contributed by atoms with van der Waals surface area (Å²) in [5, 5.41) is 8.39. The van der Waals surface area contributed by atoms with Crippen molar-refractivity contribution in [3.8, 4) is 0 Å². The lowest BCUT2D eigenvalue weighted by molar-refractivity contribution is 0.0724. The van der Waals surface area contributed by atoms with Crippen LogP contribution in [0.25, 0.3) is 10.9 Å². The van der Waals surface area contributed by atoms with Gasteiger partial charge in [0.25, 0.3) is 5.91 Å². The molecule has 2 aromatic heterocycles. The van der Waals surface area contributed by atoms with Crippen molar-refractivity contribution in [2.75, 3.05) is 6.54 Å². The fourth-order valence-electron chi connectivity index (χ4n) is 3.21. The number of hydrogen-bond donors (Lipinski definition) is 0. The molecule has 0 unspecified atom stereocenters. The first kappa shape index (κ1) is 14.7. The molecule has 122 valence electrons. The molecule has 3 aromatic rings. The molecule has 0 N–H and O–H groups in total. The smallest absolute Gasteiger partial charge is 0.273 e. The zero-order valence-corrected chi connectivity index (χ0v) is 13.1. The predicted octanol–water partition coefficient (Wildman–Crippen LogP) is 3.04. The lowest BCUT2D eigenvalue weighted by Gasteiger charge is -2.22. The monoisotopic (exact) mass is 326 g/mol. The van der Waals surface area contributed by atoms with Crippen molar-refractivity contribution in [2.45, 2.75) is 25.8 Å². The van der Waals surface area contributed by atoms with Crippen LogP contribution in [-0.4, -0.2) is 32.6 Å². The summed E-state index contributed by atoms with van der Waals surface area (Å²) in [6.07, 6.45) is 1.66. The second kappa shape index (κ2) is 5.67. The van der Waals surface area contributed by atoms with Gasteiger partial charge in [-0.2, -0.15) is 0 Å². The Morgan fingerprint density at radius 2 is 2.17 bits per heavy atom. The molecule has 0 spiro atoms. The predicted molar refractivity (Wildman–Crippen MR) is 83.7 cm³/mol. The third-order valence-corrected chi connectivity index (χ3v) is 4.41. The van der Waals surface area contributed by atoms with Gasteiger partial charge in [-0.3, -0.25) is 4.79 Å². The Kier molecular flexibility index (Phi) is 3.48. The molecule has 1 atom stereocenters. The molecule has 1 aromatic carbocycles. The van der Waals surface area contributed by atoms with Gasteiger partial charge < -0.3 is 4.90 Å². The Morgan fingerprint density at radius 3 is 2.96 bits per heavy atom. The highest BCUT2D eigenvalue weighted by molar-refractivity contribution is 5.95. The Bertz CT molecular complexity index is 924. The van der Waals surface area contributed by atoms with Gasteiger partial charge in [-0.1, -0.05) is 28.5 Å². The van der Waals surface area contributed by atoms with Gasteiger partial charge in [-0.25, -0.2) is 14.0 Å². The van der Waals surface area contributed by atoms with E-state index in [-0.39, 0.29) is 23.2 Å². The van der Waals surface area contributed by atoms with E-state index in [0.717, 1.165) is 12.8 Å². The molecule has 0 aliphatic carbocycles. The van der Waals surface area contributed by atoms with Crippen molar-refractivity contribution in [1.29, 1.82) is 0 Å². The van der Waals surface area contributed by atoms with Gasteiger partial charge in [0.2, 0.25) is 0 Å². The Morgan fingerprint density at radius 1 is 1.29 bits per heavy atom. The largest absolute Gasteiger partial charge is 0.328 e. The molecular weight excluding hydrogens is 311 g/mol. The first-order valence-electron chi connectivity index (χ1n) is 7.80. The van der Waals surface area contributed by atoms with Crippen LogP contribution in [0.2, 0.25) is 0 Å². The first-order chi connectivity index (χ1) is 11.6. The van der Waals surface area contributed by atoms with Gasteiger partial charge in [0.1, 0.15) is 28.4 Å². The Balaban J connectivity index is 1.70. The average molecular weight is 326 g/mol. The Hall–Kier alpha value is -2.83. The zero-order chi connectivity index (χ0) is 16.7. The number of amides is 1. The van der Waals surface area contributed by atoms with Crippen LogP contribution in [0.4, 0.5) is 4.39 Å². The summed E-state index contributed by atoms with van der Waals surface area (Å²) in [7, 11) is 0. The van der Waals surface area contributed by atoms with E-state index in [1.54, 1.807) is 36.1 Å². The SMILES string of the molecule is Cc1nonc1[C@@H]1CCCN1C(=O)c1ccc2cccc(F)c2n1. The maximum Gasteiger partial charge on any atom is 0.273 e. The lowest BCUT2D eigenvalue weighted by Crippen LogP contribution is -2.31. The summed E-state index contributed by atoms with van der Waals surface area (Å²) in [6.45, 7) is 2.41. The number of aryl methyl sites for hydroxylation is 1. The molecule has 0 saturated carbocycles. The van der Waals surface area contributed by atoms with Gasteiger partial charge in [-0.05, 0) is 31.9 Å². The summed E-state index contributed by atoms with van der Waals surface area (Å²) in [5.41, 5.74) is 1.79. The number of rotatable bonds is 2. The third-order valence-electron chi connectivity index (χ3n) is 4.41. The summed E-state index contributed by atoms with van der Waals surface area (Å²) >= 11 is 0. The van der Waals surface area contributed by atoms with Crippen LogP contribution >= 0.6 is 0 Å². The number of likely N-dealkylation sites (tertiary alicyclic amines) is 1. The van der Waals surface area contributed by atoms with Crippen LogP contribution in [0.15, 0.2) is 35.0 Å². The van der Waals surface area contributed by atoms with Gasteiger partial charge in [-0.15, -0.1) is 0 Å². The fraction of sp³-hybridized carbons (Fsp3) is 0.294. The number of carbonyl (C=O) groups excluding carboxylic acids is 1. The highest BCUT2D eigenvalue weighted by Gasteiger charge is 2.34. The molecule has 0 radical (unpaired) electrons. The second-order valence-electron chi connectivity index (χ2n) is 5.90. The zero-order valence-electron chi connectivity index (χ0n) is 13.1. The van der Waals surface area contributed by atoms with Crippen molar-refractivity contribution < 1.29 is 13.8 Å². The minimum atomic E-state index is -0.434. The quantitative estimate of drug-likeness (QED) is 0.724. The van der Waals surface area contributed by atoms with Crippen molar-refractivity contribution in [3.05, 3.63) is 53.2 Å². The van der Waals surface area contributed by atoms with E-state index in [1.807, 2.05) is 0 Å². The number of hydrogen-bond acceptors (Lipinski definition) is 5. The van der Waals surface area contributed by atoms with Crippen LogP contribution in [-0.2, 0) is 0 Å². The number of halogens is 1. The number of benzene rings is 1. The minimum absolute atomic E-state index is 0.179. The molecule has 7 heteroatoms. The van der Waals surface area contributed by atoms with Gasteiger partial charge >= 0.3 is 0 Å². The molecule has 6 nitrogen and oxygen atoms in total. The van der Waals surface area contributed by atoms with E-state index in [2.05, 4.69) is 15.3 Å². The Labute approximate surface area is 137 Å². The topological polar surface area (TPSA) is 72.1 Å². The van der Waals surface area contributed by atoms with Gasteiger partial charge in [0.15, 0.2) is 0 Å². The number of aromatic nitrogens is 3. The standard InChI is InChI=1S/C17H15FN4O2/c1-10-15(21-24-20-10)14-6-3-9-22(14)17(23)13-8-7-11-4-2-5-12(18)16(11)19-13/h2,4-5,7-8,14H,3,6,9H2,1H3/t14-/m0/s1. The number of carbonyl (C=O) groups is 1. The summed E-state index contributed by atoms with van der Waals surface area (Å²) in [5.74, 6) is -0.665. The molecular formula is C17H15FN4O2. The van der Waals surface area contributed by atoms with Crippen molar-refractivity contribution >= 4 is 16.8 Å².